The number of rotatable bonds is 2. The molecule has 1 atom stereocenters. The van der Waals surface area contributed by atoms with Gasteiger partial charge in [0.1, 0.15) is 11.6 Å². The van der Waals surface area contributed by atoms with Crippen LogP contribution in [0, 0.1) is 30.6 Å². The number of carboxylic acids is 1. The number of hydrogen-bond donors (Lipinski definition) is 1. The van der Waals surface area contributed by atoms with Crippen LogP contribution in [0.25, 0.3) is 0 Å². The van der Waals surface area contributed by atoms with E-state index in [0.29, 0.717) is 30.9 Å². The Morgan fingerprint density at radius 3 is 2.75 bits per heavy atom. The molecule has 1 aliphatic rings. The van der Waals surface area contributed by atoms with Crippen LogP contribution in [0.15, 0.2) is 0 Å². The molecular formula is C14H18N4O2. The molecule has 1 N–H and O–H groups in total. The number of carboxylic acid groups (broad SMARTS) is 1. The summed E-state index contributed by atoms with van der Waals surface area (Å²) in [6.07, 6.45) is 1.40. The van der Waals surface area contributed by atoms with E-state index in [9.17, 15) is 15.2 Å². The number of aryl methyl sites for hydroxylation is 1. The zero-order chi connectivity index (χ0) is 14.9. The number of anilines is 1. The molecule has 1 saturated heterocycles. The first kappa shape index (κ1) is 14.3. The lowest BCUT2D eigenvalue weighted by atomic mass is 9.82. The molecule has 1 fully saturated rings. The van der Waals surface area contributed by atoms with Crippen molar-refractivity contribution in [2.24, 2.45) is 5.41 Å². The van der Waals surface area contributed by atoms with Crippen molar-refractivity contribution in [2.75, 3.05) is 18.0 Å². The molecule has 106 valence electrons. The zero-order valence-corrected chi connectivity index (χ0v) is 12.0. The molecule has 6 heteroatoms. The van der Waals surface area contributed by atoms with Crippen molar-refractivity contribution in [3.63, 3.8) is 0 Å². The fourth-order valence-electron chi connectivity index (χ4n) is 2.55. The Labute approximate surface area is 118 Å². The van der Waals surface area contributed by atoms with E-state index in [4.69, 9.17) is 0 Å². The Hall–Kier alpha value is -2.16. The van der Waals surface area contributed by atoms with Crippen molar-refractivity contribution >= 4 is 11.8 Å². The third-order valence-corrected chi connectivity index (χ3v) is 4.06. The van der Waals surface area contributed by atoms with Crippen molar-refractivity contribution in [1.82, 2.24) is 10.2 Å². The number of nitriles is 1. The summed E-state index contributed by atoms with van der Waals surface area (Å²) in [7, 11) is 0. The fraction of sp³-hybridized carbons (Fsp3) is 0.571. The Kier molecular flexibility index (Phi) is 3.62. The smallest absolute Gasteiger partial charge is 0.311 e. The lowest BCUT2D eigenvalue weighted by Crippen LogP contribution is -2.46. The van der Waals surface area contributed by atoms with Gasteiger partial charge in [0.25, 0.3) is 0 Å². The lowest BCUT2D eigenvalue weighted by molar-refractivity contribution is -0.148. The van der Waals surface area contributed by atoms with Crippen molar-refractivity contribution in [3.8, 4) is 6.07 Å². The first-order valence-corrected chi connectivity index (χ1v) is 6.61. The van der Waals surface area contributed by atoms with E-state index in [1.165, 1.54) is 0 Å². The van der Waals surface area contributed by atoms with Crippen LogP contribution in [0.3, 0.4) is 0 Å². The van der Waals surface area contributed by atoms with Crippen LogP contribution in [-0.2, 0) is 4.79 Å². The van der Waals surface area contributed by atoms with Crippen LogP contribution >= 0.6 is 0 Å². The topological polar surface area (TPSA) is 90.1 Å². The van der Waals surface area contributed by atoms with Crippen molar-refractivity contribution in [1.29, 1.82) is 5.26 Å². The van der Waals surface area contributed by atoms with Gasteiger partial charge in [-0.05, 0) is 39.2 Å². The molecule has 20 heavy (non-hydrogen) atoms. The van der Waals surface area contributed by atoms with E-state index in [2.05, 4.69) is 16.3 Å². The highest BCUT2D eigenvalue weighted by atomic mass is 16.4. The lowest BCUT2D eigenvalue weighted by Gasteiger charge is -2.38. The standard InChI is InChI=1S/C14H18N4O2/c1-9-10(2)16-17-12(11(9)7-15)18-6-4-5-14(3,8-18)13(19)20/h4-6,8H2,1-3H3,(H,19,20). The molecule has 1 aromatic heterocycles. The highest BCUT2D eigenvalue weighted by molar-refractivity contribution is 5.75. The molecule has 1 aromatic rings. The third kappa shape index (κ3) is 2.31. The normalized spacial score (nSPS) is 22.4. The summed E-state index contributed by atoms with van der Waals surface area (Å²) in [5.41, 5.74) is 1.22. The minimum Gasteiger partial charge on any atom is -0.481 e. The largest absolute Gasteiger partial charge is 0.481 e. The van der Waals surface area contributed by atoms with Gasteiger partial charge in [0.15, 0.2) is 5.82 Å². The number of hydrogen-bond acceptors (Lipinski definition) is 5. The maximum Gasteiger partial charge on any atom is 0.311 e. The van der Waals surface area contributed by atoms with E-state index in [-0.39, 0.29) is 0 Å². The second kappa shape index (κ2) is 5.08. The Morgan fingerprint density at radius 1 is 1.45 bits per heavy atom. The molecule has 0 spiro atoms. The highest BCUT2D eigenvalue weighted by Crippen LogP contribution is 2.33. The highest BCUT2D eigenvalue weighted by Gasteiger charge is 2.39. The zero-order valence-electron chi connectivity index (χ0n) is 12.0. The van der Waals surface area contributed by atoms with Gasteiger partial charge in [-0.15, -0.1) is 5.10 Å². The summed E-state index contributed by atoms with van der Waals surface area (Å²) in [5, 5.41) is 26.9. The van der Waals surface area contributed by atoms with Crippen LogP contribution in [0.5, 0.6) is 0 Å². The summed E-state index contributed by atoms with van der Waals surface area (Å²) in [6, 6.07) is 2.17. The number of aliphatic carboxylic acids is 1. The van der Waals surface area contributed by atoms with Crippen LogP contribution in [0.4, 0.5) is 5.82 Å². The van der Waals surface area contributed by atoms with Gasteiger partial charge in [-0.25, -0.2) is 0 Å². The van der Waals surface area contributed by atoms with Gasteiger partial charge in [-0.1, -0.05) is 0 Å². The van der Waals surface area contributed by atoms with Crippen LogP contribution < -0.4 is 4.90 Å². The molecule has 2 rings (SSSR count). The average Bonchev–Trinajstić information content (AvgIpc) is 2.41. The van der Waals surface area contributed by atoms with Crippen molar-refractivity contribution < 1.29 is 9.90 Å². The van der Waals surface area contributed by atoms with Crippen molar-refractivity contribution in [3.05, 3.63) is 16.8 Å². The molecule has 6 nitrogen and oxygen atoms in total. The molecule has 1 aliphatic heterocycles. The van der Waals surface area contributed by atoms with Gasteiger partial charge in [0.05, 0.1) is 11.1 Å². The van der Waals surface area contributed by atoms with E-state index < -0.39 is 11.4 Å². The monoisotopic (exact) mass is 274 g/mol. The SMILES string of the molecule is Cc1nnc(N2CCCC(C)(C(=O)O)C2)c(C#N)c1C. The summed E-state index contributed by atoms with van der Waals surface area (Å²) in [4.78, 5) is 13.3. The molecule has 1 unspecified atom stereocenters. The van der Waals surface area contributed by atoms with E-state index in [1.807, 2.05) is 18.7 Å². The molecule has 0 aliphatic carbocycles. The van der Waals surface area contributed by atoms with Gasteiger partial charge >= 0.3 is 5.97 Å². The predicted molar refractivity (Wildman–Crippen MR) is 73.4 cm³/mol. The first-order valence-electron chi connectivity index (χ1n) is 6.61. The van der Waals surface area contributed by atoms with Gasteiger partial charge in [-0.2, -0.15) is 10.4 Å². The van der Waals surface area contributed by atoms with Crippen molar-refractivity contribution in [2.45, 2.75) is 33.6 Å². The van der Waals surface area contributed by atoms with Gasteiger partial charge in [0, 0.05) is 13.1 Å². The fourth-order valence-corrected chi connectivity index (χ4v) is 2.55. The van der Waals surface area contributed by atoms with E-state index >= 15 is 0 Å². The molecule has 0 saturated carbocycles. The van der Waals surface area contributed by atoms with Crippen LogP contribution in [0.2, 0.25) is 0 Å². The first-order chi connectivity index (χ1) is 9.39. The Bertz CT molecular complexity index is 594. The van der Waals surface area contributed by atoms with E-state index in [0.717, 1.165) is 17.7 Å². The summed E-state index contributed by atoms with van der Waals surface area (Å²) < 4.78 is 0. The Morgan fingerprint density at radius 2 is 2.15 bits per heavy atom. The number of carbonyl (C=O) groups is 1. The summed E-state index contributed by atoms with van der Waals surface area (Å²) in [6.45, 7) is 6.45. The molecule has 0 radical (unpaired) electrons. The minimum absolute atomic E-state index is 0.355. The molecule has 0 bridgehead atoms. The average molecular weight is 274 g/mol. The maximum absolute atomic E-state index is 11.4. The number of aromatic nitrogens is 2. The third-order valence-electron chi connectivity index (χ3n) is 4.06. The molecule has 2 heterocycles. The predicted octanol–water partition coefficient (Wildman–Crippen LogP) is 1.66. The van der Waals surface area contributed by atoms with Crippen LogP contribution in [-0.4, -0.2) is 34.4 Å². The molecule has 0 amide bonds. The summed E-state index contributed by atoms with van der Waals surface area (Å²) >= 11 is 0. The van der Waals surface area contributed by atoms with Gasteiger partial charge in [-0.3, -0.25) is 4.79 Å². The summed E-state index contributed by atoms with van der Waals surface area (Å²) in [5.74, 6) is -0.305. The number of piperidine rings is 1. The van der Waals surface area contributed by atoms with E-state index in [1.54, 1.807) is 6.92 Å². The second-order valence-corrected chi connectivity index (χ2v) is 5.61. The minimum atomic E-state index is -0.808. The Balaban J connectivity index is 2.40. The quantitative estimate of drug-likeness (QED) is 0.882. The van der Waals surface area contributed by atoms with Crippen LogP contribution in [0.1, 0.15) is 36.6 Å². The maximum atomic E-state index is 11.4. The second-order valence-electron chi connectivity index (χ2n) is 5.61. The van der Waals surface area contributed by atoms with Gasteiger partial charge < -0.3 is 10.0 Å². The number of nitrogens with zero attached hydrogens (tertiary/aromatic N) is 4. The van der Waals surface area contributed by atoms with Gasteiger partial charge in [0.2, 0.25) is 0 Å². The molecular weight excluding hydrogens is 256 g/mol. The molecule has 0 aromatic carbocycles.